The van der Waals surface area contributed by atoms with Gasteiger partial charge in [-0.15, -0.1) is 0 Å². The zero-order chi connectivity index (χ0) is 20.8. The number of halogens is 1. The van der Waals surface area contributed by atoms with Crippen molar-refractivity contribution in [2.45, 2.75) is 38.8 Å². The number of nitrogens with zero attached hydrogens (tertiary/aromatic N) is 2. The Morgan fingerprint density at radius 3 is 2.72 bits per heavy atom. The lowest BCUT2D eigenvalue weighted by Gasteiger charge is -2.40. The monoisotopic (exact) mass is 409 g/mol. The minimum atomic E-state index is -0.538. The van der Waals surface area contributed by atoms with Gasteiger partial charge in [-0.25, -0.2) is 9.37 Å². The largest absolute Gasteiger partial charge is 0.476 e. The fourth-order valence-corrected chi connectivity index (χ4v) is 3.08. The van der Waals surface area contributed by atoms with Gasteiger partial charge >= 0.3 is 0 Å². The van der Waals surface area contributed by atoms with Gasteiger partial charge < -0.3 is 24.4 Å². The number of amides is 1. The number of carbonyl (C=O) groups excluding carboxylic acids is 1. The lowest BCUT2D eigenvalue weighted by Crippen LogP contribution is -2.52. The summed E-state index contributed by atoms with van der Waals surface area (Å²) in [4.78, 5) is 19.4. The molecule has 0 aromatic carbocycles. The van der Waals surface area contributed by atoms with Crippen molar-refractivity contribution < 1.29 is 23.4 Å². The lowest BCUT2D eigenvalue weighted by molar-refractivity contribution is 0.0729. The Kier molecular flexibility index (Phi) is 7.66. The summed E-state index contributed by atoms with van der Waals surface area (Å²) in [6.07, 6.45) is 2.57. The molecule has 0 radical (unpaired) electrons. The predicted octanol–water partition coefficient (Wildman–Crippen LogP) is 2.45. The normalized spacial score (nSPS) is 17.9. The van der Waals surface area contributed by atoms with Crippen LogP contribution in [-0.2, 0) is 9.47 Å². The first-order chi connectivity index (χ1) is 14.0. The van der Waals surface area contributed by atoms with Crippen LogP contribution in [0.1, 0.15) is 37.2 Å². The second-order valence-electron chi connectivity index (χ2n) is 8.13. The molecule has 1 aromatic heterocycles. The van der Waals surface area contributed by atoms with Gasteiger partial charge in [-0.1, -0.05) is 13.8 Å². The Bertz CT molecular complexity index is 678. The van der Waals surface area contributed by atoms with Gasteiger partial charge in [-0.3, -0.25) is 4.79 Å². The first-order valence-electron chi connectivity index (χ1n) is 10.4. The first kappa shape index (κ1) is 21.8. The molecular formula is C21H32FN3O4. The molecule has 1 saturated carbocycles. The topological polar surface area (TPSA) is 72.9 Å². The summed E-state index contributed by atoms with van der Waals surface area (Å²) in [5.41, 5.74) is 1.20. The molecule has 3 rings (SSSR count). The molecule has 2 fully saturated rings. The number of carbonyl (C=O) groups is 1. The molecule has 1 atom stereocenters. The fraction of sp³-hybridized carbons (Fsp3) is 0.714. The van der Waals surface area contributed by atoms with E-state index >= 15 is 0 Å². The van der Waals surface area contributed by atoms with E-state index in [1.54, 1.807) is 13.2 Å². The van der Waals surface area contributed by atoms with Gasteiger partial charge in [-0.2, -0.15) is 0 Å². The van der Waals surface area contributed by atoms with Crippen molar-refractivity contribution in [1.29, 1.82) is 0 Å². The number of pyridine rings is 1. The number of alkyl halides is 1. The highest BCUT2D eigenvalue weighted by Gasteiger charge is 2.31. The van der Waals surface area contributed by atoms with Crippen molar-refractivity contribution in [3.05, 3.63) is 17.8 Å². The molecule has 0 spiro atoms. The van der Waals surface area contributed by atoms with E-state index in [4.69, 9.17) is 14.2 Å². The highest BCUT2D eigenvalue weighted by molar-refractivity contribution is 5.93. The van der Waals surface area contributed by atoms with E-state index in [1.165, 1.54) is 12.8 Å². The van der Waals surface area contributed by atoms with E-state index in [2.05, 4.69) is 15.2 Å². The SMILES string of the molecule is COC1CN(c2ccc(C(=O)NC(COCCF)C(C)C)nc2OCC2CC2)C1. The van der Waals surface area contributed by atoms with E-state index in [0.29, 0.717) is 24.1 Å². The number of hydrogen-bond acceptors (Lipinski definition) is 6. The molecule has 0 bridgehead atoms. The second-order valence-corrected chi connectivity index (χ2v) is 8.13. The van der Waals surface area contributed by atoms with Gasteiger partial charge in [0.15, 0.2) is 0 Å². The van der Waals surface area contributed by atoms with Crippen LogP contribution in [-0.4, -0.2) is 69.7 Å². The quantitative estimate of drug-likeness (QED) is 0.535. The number of hydrogen-bond donors (Lipinski definition) is 1. The average Bonchev–Trinajstić information content (AvgIpc) is 3.49. The summed E-state index contributed by atoms with van der Waals surface area (Å²) < 4.78 is 28.9. The van der Waals surface area contributed by atoms with Crippen molar-refractivity contribution >= 4 is 11.6 Å². The zero-order valence-corrected chi connectivity index (χ0v) is 17.5. The Balaban J connectivity index is 1.68. The molecule has 7 nitrogen and oxygen atoms in total. The maximum Gasteiger partial charge on any atom is 0.270 e. The molecule has 1 amide bonds. The Morgan fingerprint density at radius 2 is 2.10 bits per heavy atom. The summed E-state index contributed by atoms with van der Waals surface area (Å²) >= 11 is 0. The summed E-state index contributed by atoms with van der Waals surface area (Å²) in [7, 11) is 1.71. The van der Waals surface area contributed by atoms with Gasteiger partial charge in [0.2, 0.25) is 5.88 Å². The third-order valence-corrected chi connectivity index (χ3v) is 5.39. The number of nitrogens with one attached hydrogen (secondary N) is 1. The minimum absolute atomic E-state index is 0.0312. The minimum Gasteiger partial charge on any atom is -0.476 e. The Hall–Kier alpha value is -1.93. The van der Waals surface area contributed by atoms with Crippen LogP contribution in [0.15, 0.2) is 12.1 Å². The highest BCUT2D eigenvalue weighted by Crippen LogP contribution is 2.34. The molecule has 29 heavy (non-hydrogen) atoms. The molecule has 1 unspecified atom stereocenters. The zero-order valence-electron chi connectivity index (χ0n) is 17.5. The standard InChI is InChI=1S/C21H32FN3O4/c1-14(2)18(13-28-9-8-22)23-20(26)17-6-7-19(25-10-16(11-25)27-3)21(24-17)29-12-15-4-5-15/h6-7,14-16,18H,4-5,8-13H2,1-3H3,(H,23,26). The maximum atomic E-state index is 12.8. The van der Waals surface area contributed by atoms with Crippen LogP contribution in [0.3, 0.4) is 0 Å². The van der Waals surface area contributed by atoms with Gasteiger partial charge in [0.1, 0.15) is 18.1 Å². The van der Waals surface area contributed by atoms with Gasteiger partial charge in [0, 0.05) is 20.2 Å². The van der Waals surface area contributed by atoms with Crippen LogP contribution < -0.4 is 15.0 Å². The second kappa shape index (κ2) is 10.2. The predicted molar refractivity (Wildman–Crippen MR) is 108 cm³/mol. The van der Waals surface area contributed by atoms with E-state index in [-0.39, 0.29) is 37.2 Å². The van der Waals surface area contributed by atoms with Crippen LogP contribution in [0, 0.1) is 11.8 Å². The Labute approximate surface area is 171 Å². The molecule has 1 saturated heterocycles. The van der Waals surface area contributed by atoms with E-state index in [0.717, 1.165) is 18.8 Å². The van der Waals surface area contributed by atoms with Crippen LogP contribution in [0.25, 0.3) is 0 Å². The lowest BCUT2D eigenvalue weighted by atomic mass is 10.1. The molecule has 2 aliphatic rings. The fourth-order valence-electron chi connectivity index (χ4n) is 3.08. The van der Waals surface area contributed by atoms with Crippen LogP contribution >= 0.6 is 0 Å². The van der Waals surface area contributed by atoms with Crippen molar-refractivity contribution in [2.24, 2.45) is 11.8 Å². The molecule has 1 aliphatic carbocycles. The van der Waals surface area contributed by atoms with E-state index in [9.17, 15) is 9.18 Å². The van der Waals surface area contributed by atoms with Gasteiger partial charge in [-0.05, 0) is 36.8 Å². The van der Waals surface area contributed by atoms with Crippen molar-refractivity contribution in [3.8, 4) is 5.88 Å². The molecule has 8 heteroatoms. The number of ether oxygens (including phenoxy) is 3. The summed E-state index contributed by atoms with van der Waals surface area (Å²) in [6.45, 7) is 5.92. The molecule has 1 aromatic rings. The number of aromatic nitrogens is 1. The van der Waals surface area contributed by atoms with Crippen LogP contribution in [0.4, 0.5) is 10.1 Å². The highest BCUT2D eigenvalue weighted by atomic mass is 19.1. The third-order valence-electron chi connectivity index (χ3n) is 5.39. The maximum absolute atomic E-state index is 12.8. The first-order valence-corrected chi connectivity index (χ1v) is 10.4. The van der Waals surface area contributed by atoms with Crippen molar-refractivity contribution in [2.75, 3.05) is 51.6 Å². The third kappa shape index (κ3) is 6.02. The van der Waals surface area contributed by atoms with Crippen molar-refractivity contribution in [3.63, 3.8) is 0 Å². The number of rotatable bonds is 12. The van der Waals surface area contributed by atoms with E-state index in [1.807, 2.05) is 19.9 Å². The molecule has 162 valence electrons. The molecular weight excluding hydrogens is 377 g/mol. The van der Waals surface area contributed by atoms with Crippen LogP contribution in [0.2, 0.25) is 0 Å². The average molecular weight is 410 g/mol. The van der Waals surface area contributed by atoms with Crippen LogP contribution in [0.5, 0.6) is 5.88 Å². The number of methoxy groups -OCH3 is 1. The smallest absolute Gasteiger partial charge is 0.270 e. The molecule has 1 aliphatic heterocycles. The van der Waals surface area contributed by atoms with Crippen molar-refractivity contribution in [1.82, 2.24) is 10.3 Å². The molecule has 2 heterocycles. The Morgan fingerprint density at radius 1 is 1.34 bits per heavy atom. The summed E-state index contributed by atoms with van der Waals surface area (Å²) in [6, 6.07) is 3.39. The summed E-state index contributed by atoms with van der Waals surface area (Å²) in [5, 5.41) is 2.95. The van der Waals surface area contributed by atoms with Gasteiger partial charge in [0.25, 0.3) is 5.91 Å². The van der Waals surface area contributed by atoms with E-state index < -0.39 is 6.67 Å². The van der Waals surface area contributed by atoms with Gasteiger partial charge in [0.05, 0.1) is 32.0 Å². The summed E-state index contributed by atoms with van der Waals surface area (Å²) in [5.74, 6) is 0.946. The number of anilines is 1. The molecule has 1 N–H and O–H groups in total.